The predicted molar refractivity (Wildman–Crippen MR) is 51.2 cm³/mol. The molecule has 0 saturated carbocycles. The number of nitrogens with one attached hydrogen (secondary N) is 1. The smallest absolute Gasteiger partial charge is 0.00231 e. The van der Waals surface area contributed by atoms with Gasteiger partial charge in [0.05, 0.1) is 0 Å². The molecule has 1 saturated heterocycles. The number of piperidine rings is 1. The van der Waals surface area contributed by atoms with Crippen molar-refractivity contribution in [3.05, 3.63) is 0 Å². The number of rotatable bonds is 0. The van der Waals surface area contributed by atoms with Gasteiger partial charge in [-0.05, 0) is 36.8 Å². The van der Waals surface area contributed by atoms with Crippen molar-refractivity contribution in [1.29, 1.82) is 0 Å². The third-order valence-electron chi connectivity index (χ3n) is 1.54. The fraction of sp³-hybridized carbons (Fsp3) is 1.00. The van der Waals surface area contributed by atoms with Crippen LogP contribution >= 0.6 is 22.6 Å². The first-order valence-corrected chi connectivity index (χ1v) is 5.64. The van der Waals surface area contributed by atoms with Crippen LogP contribution in [0.1, 0.15) is 19.8 Å². The molecule has 1 aliphatic heterocycles. The molecule has 0 aromatic heterocycles. The Morgan fingerprint density at radius 1 is 1.44 bits per heavy atom. The maximum absolute atomic E-state index is 3.33. The Hall–Kier alpha value is 0.690. The molecule has 0 aliphatic carbocycles. The first-order valence-electron chi connectivity index (χ1n) is 3.48. The largest absolute Gasteiger partial charge is 0.316 e. The van der Waals surface area contributed by atoms with E-state index in [2.05, 4.69) is 34.8 Å². The molecular weight excluding hydrogens is 225 g/mol. The molecule has 56 valence electrons. The zero-order chi connectivity index (χ0) is 7.11. The van der Waals surface area contributed by atoms with Gasteiger partial charge in [0.25, 0.3) is 0 Å². The van der Waals surface area contributed by atoms with E-state index in [1.165, 1.54) is 25.9 Å². The normalized spacial score (nSPS) is 26.3. The quantitative estimate of drug-likeness (QED) is 0.505. The zero-order valence-electron chi connectivity index (χ0n) is 6.28. The van der Waals surface area contributed by atoms with Crippen LogP contribution in [0.3, 0.4) is 0 Å². The summed E-state index contributed by atoms with van der Waals surface area (Å²) in [6.45, 7) is 4.77. The van der Waals surface area contributed by atoms with Crippen LogP contribution in [0.4, 0.5) is 0 Å². The molecule has 1 N–H and O–H groups in total. The van der Waals surface area contributed by atoms with Crippen LogP contribution in [-0.2, 0) is 0 Å². The molecule has 1 atom stereocenters. The number of hydrogen-bond acceptors (Lipinski definition) is 1. The summed E-state index contributed by atoms with van der Waals surface area (Å²) in [4.78, 5) is 1.97. The summed E-state index contributed by atoms with van der Waals surface area (Å²) in [7, 11) is 0. The van der Waals surface area contributed by atoms with Crippen LogP contribution in [0.15, 0.2) is 0 Å². The van der Waals surface area contributed by atoms with Crippen LogP contribution in [0.25, 0.3) is 0 Å². The second-order valence-corrected chi connectivity index (χ2v) is 2.45. The highest BCUT2D eigenvalue weighted by atomic mass is 127. The molecule has 1 aliphatic rings. The zero-order valence-corrected chi connectivity index (χ0v) is 8.44. The van der Waals surface area contributed by atoms with Gasteiger partial charge in [0.2, 0.25) is 0 Å². The lowest BCUT2D eigenvalue weighted by Crippen LogP contribution is -2.27. The molecule has 0 aromatic rings. The minimum atomic E-state index is 0.925. The van der Waals surface area contributed by atoms with Crippen molar-refractivity contribution < 1.29 is 0 Å². The van der Waals surface area contributed by atoms with Crippen LogP contribution in [0.2, 0.25) is 0 Å². The van der Waals surface area contributed by atoms with E-state index in [0.29, 0.717) is 0 Å². The number of halogens is 1. The fourth-order valence-corrected chi connectivity index (χ4v) is 1.03. The van der Waals surface area contributed by atoms with Crippen molar-refractivity contribution in [2.45, 2.75) is 19.8 Å². The van der Waals surface area contributed by atoms with Gasteiger partial charge in [-0.15, -0.1) is 0 Å². The Morgan fingerprint density at radius 2 is 2.11 bits per heavy atom. The van der Waals surface area contributed by atoms with E-state index in [1.54, 1.807) is 0 Å². The van der Waals surface area contributed by atoms with E-state index in [9.17, 15) is 0 Å². The Morgan fingerprint density at radius 3 is 2.33 bits per heavy atom. The molecule has 1 heterocycles. The van der Waals surface area contributed by atoms with Crippen molar-refractivity contribution >= 4 is 22.6 Å². The summed E-state index contributed by atoms with van der Waals surface area (Å²) < 4.78 is 0. The lowest BCUT2D eigenvalue weighted by Gasteiger charge is -2.17. The summed E-state index contributed by atoms with van der Waals surface area (Å²) in [5.74, 6) is 0.925. The second kappa shape index (κ2) is 6.81. The van der Waals surface area contributed by atoms with Crippen LogP contribution in [-0.4, -0.2) is 18.0 Å². The van der Waals surface area contributed by atoms with Crippen LogP contribution < -0.4 is 5.32 Å². The highest BCUT2D eigenvalue weighted by Crippen LogP contribution is 2.06. The van der Waals surface area contributed by atoms with E-state index in [0.717, 1.165) is 5.92 Å². The fourth-order valence-electron chi connectivity index (χ4n) is 1.03. The summed E-state index contributed by atoms with van der Waals surface area (Å²) >= 11 is 2.15. The van der Waals surface area contributed by atoms with Crippen molar-refractivity contribution in [2.75, 3.05) is 18.0 Å². The Balaban J connectivity index is 0.000000291. The summed E-state index contributed by atoms with van der Waals surface area (Å²) in [6.07, 6.45) is 2.80. The van der Waals surface area contributed by atoms with E-state index >= 15 is 0 Å². The molecule has 0 aromatic carbocycles. The first kappa shape index (κ1) is 9.69. The van der Waals surface area contributed by atoms with Gasteiger partial charge in [0.15, 0.2) is 0 Å². The minimum Gasteiger partial charge on any atom is -0.316 e. The van der Waals surface area contributed by atoms with Gasteiger partial charge in [0, 0.05) is 0 Å². The molecule has 1 rings (SSSR count). The SMILES string of the molecule is CC1CCCNC1.CI. The Labute approximate surface area is 71.7 Å². The van der Waals surface area contributed by atoms with Gasteiger partial charge in [-0.2, -0.15) is 0 Å². The molecule has 1 fully saturated rings. The lowest BCUT2D eigenvalue weighted by molar-refractivity contribution is 0.405. The molecule has 1 nitrogen and oxygen atoms in total. The summed E-state index contributed by atoms with van der Waals surface area (Å²) in [5, 5.41) is 3.33. The van der Waals surface area contributed by atoms with Crippen molar-refractivity contribution in [2.24, 2.45) is 5.92 Å². The van der Waals surface area contributed by atoms with E-state index in [-0.39, 0.29) is 0 Å². The van der Waals surface area contributed by atoms with E-state index < -0.39 is 0 Å². The molecule has 9 heavy (non-hydrogen) atoms. The van der Waals surface area contributed by atoms with E-state index in [1.807, 2.05) is 4.93 Å². The van der Waals surface area contributed by atoms with Gasteiger partial charge in [0.1, 0.15) is 0 Å². The van der Waals surface area contributed by atoms with Gasteiger partial charge < -0.3 is 5.32 Å². The first-order chi connectivity index (χ1) is 4.39. The third-order valence-corrected chi connectivity index (χ3v) is 1.54. The van der Waals surface area contributed by atoms with Crippen molar-refractivity contribution in [3.8, 4) is 0 Å². The molecule has 0 bridgehead atoms. The highest BCUT2D eigenvalue weighted by Gasteiger charge is 2.04. The molecule has 0 spiro atoms. The molecule has 0 amide bonds. The monoisotopic (exact) mass is 241 g/mol. The average Bonchev–Trinajstić information content (AvgIpc) is 1.94. The average molecular weight is 241 g/mol. The molecule has 1 unspecified atom stereocenters. The van der Waals surface area contributed by atoms with Gasteiger partial charge in [-0.1, -0.05) is 29.5 Å². The van der Waals surface area contributed by atoms with Gasteiger partial charge in [-0.3, -0.25) is 0 Å². The minimum absolute atomic E-state index is 0.925. The third kappa shape index (κ3) is 5.15. The molecule has 2 heteroatoms. The summed E-state index contributed by atoms with van der Waals surface area (Å²) in [6, 6.07) is 0. The maximum atomic E-state index is 3.33. The maximum Gasteiger partial charge on any atom is -0.00231 e. The van der Waals surface area contributed by atoms with Crippen molar-refractivity contribution in [1.82, 2.24) is 5.32 Å². The van der Waals surface area contributed by atoms with E-state index in [4.69, 9.17) is 0 Å². The second-order valence-electron chi connectivity index (χ2n) is 2.45. The lowest BCUT2D eigenvalue weighted by atomic mass is 10.0. The van der Waals surface area contributed by atoms with Crippen molar-refractivity contribution in [3.63, 3.8) is 0 Å². The summed E-state index contributed by atoms with van der Waals surface area (Å²) in [5.41, 5.74) is 0. The standard InChI is InChI=1S/C6H13N.CH3I/c1-6-3-2-4-7-5-6;1-2/h6-7H,2-5H2,1H3;1H3. The van der Waals surface area contributed by atoms with Crippen LogP contribution in [0, 0.1) is 5.92 Å². The molecular formula is C7H16IN. The molecule has 0 radical (unpaired) electrons. The number of hydrogen-bond donors (Lipinski definition) is 1. The Kier molecular flexibility index (Phi) is 7.33. The predicted octanol–water partition coefficient (Wildman–Crippen LogP) is 2.06. The van der Waals surface area contributed by atoms with Gasteiger partial charge in [-0.25, -0.2) is 0 Å². The highest BCUT2D eigenvalue weighted by molar-refractivity contribution is 14.1. The Bertz CT molecular complexity index is 50.9. The van der Waals surface area contributed by atoms with Gasteiger partial charge >= 0.3 is 0 Å². The number of alkyl halides is 1. The van der Waals surface area contributed by atoms with Crippen LogP contribution in [0.5, 0.6) is 0 Å². The topological polar surface area (TPSA) is 12.0 Å².